The molecule has 0 spiro atoms. The second-order valence-corrected chi connectivity index (χ2v) is 5.99. The lowest BCUT2D eigenvalue weighted by molar-refractivity contribution is 0.144. The molecule has 1 radical (unpaired) electrons. The van der Waals surface area contributed by atoms with Crippen molar-refractivity contribution in [2.45, 2.75) is 17.7 Å². The van der Waals surface area contributed by atoms with Gasteiger partial charge in [0.15, 0.2) is 0 Å². The number of anilines is 1. The SMILES string of the molecule is O=C(N(c1cc([S])c(Cl)cc1F)N1CCCCN1)S(=O)O. The Morgan fingerprint density at radius 2 is 2.24 bits per heavy atom. The summed E-state index contributed by atoms with van der Waals surface area (Å²) in [4.78, 5) is 12.1. The highest BCUT2D eigenvalue weighted by atomic mass is 35.5. The summed E-state index contributed by atoms with van der Waals surface area (Å²) in [5.74, 6) is -0.806. The van der Waals surface area contributed by atoms with Gasteiger partial charge in [-0.05, 0) is 25.0 Å². The van der Waals surface area contributed by atoms with Gasteiger partial charge >= 0.3 is 5.24 Å². The Labute approximate surface area is 133 Å². The summed E-state index contributed by atoms with van der Waals surface area (Å²) in [6, 6.07) is 2.16. The predicted molar refractivity (Wildman–Crippen MR) is 79.9 cm³/mol. The van der Waals surface area contributed by atoms with E-state index in [1.54, 1.807) is 0 Å². The molecular formula is C11H12ClFN3O3S2. The Morgan fingerprint density at radius 3 is 2.81 bits per heavy atom. The zero-order valence-electron chi connectivity index (χ0n) is 10.7. The summed E-state index contributed by atoms with van der Waals surface area (Å²) in [5.41, 5.74) is 2.66. The molecule has 115 valence electrons. The molecule has 10 heteroatoms. The summed E-state index contributed by atoms with van der Waals surface area (Å²) in [6.07, 6.45) is 1.64. The number of carbonyl (C=O) groups excluding carboxylic acids is 1. The maximum Gasteiger partial charge on any atom is 0.358 e. The molecule has 1 unspecified atom stereocenters. The van der Waals surface area contributed by atoms with Gasteiger partial charge in [-0.15, -0.1) is 5.12 Å². The van der Waals surface area contributed by atoms with Crippen molar-refractivity contribution in [2.75, 3.05) is 18.1 Å². The first-order valence-corrected chi connectivity index (χ1v) is 7.93. The van der Waals surface area contributed by atoms with Gasteiger partial charge in [-0.2, -0.15) is 0 Å². The highest BCUT2D eigenvalue weighted by Gasteiger charge is 2.31. The summed E-state index contributed by atoms with van der Waals surface area (Å²) in [5, 5.41) is 0.966. The number of amides is 1. The molecule has 1 aromatic carbocycles. The van der Waals surface area contributed by atoms with Crippen LogP contribution < -0.4 is 10.4 Å². The molecule has 1 aliphatic rings. The van der Waals surface area contributed by atoms with Crippen LogP contribution in [0.5, 0.6) is 0 Å². The van der Waals surface area contributed by atoms with Crippen LogP contribution in [-0.4, -0.2) is 32.2 Å². The van der Waals surface area contributed by atoms with Crippen LogP contribution in [0.25, 0.3) is 0 Å². The van der Waals surface area contributed by atoms with E-state index in [9.17, 15) is 13.4 Å². The Morgan fingerprint density at radius 1 is 1.52 bits per heavy atom. The highest BCUT2D eigenvalue weighted by Crippen LogP contribution is 2.30. The zero-order chi connectivity index (χ0) is 15.6. The van der Waals surface area contributed by atoms with E-state index in [0.29, 0.717) is 13.1 Å². The van der Waals surface area contributed by atoms with Crippen molar-refractivity contribution in [1.29, 1.82) is 0 Å². The smallest absolute Gasteiger partial charge is 0.298 e. The number of hydrogen-bond acceptors (Lipinski definition) is 4. The first-order valence-electron chi connectivity index (χ1n) is 6.03. The molecule has 0 saturated carbocycles. The molecule has 1 fully saturated rings. The van der Waals surface area contributed by atoms with Crippen LogP contribution in [0, 0.1) is 5.82 Å². The number of rotatable bonds is 2. The van der Waals surface area contributed by atoms with Gasteiger partial charge in [0.25, 0.3) is 0 Å². The van der Waals surface area contributed by atoms with E-state index in [4.69, 9.17) is 28.8 Å². The molecule has 1 aromatic rings. The molecule has 0 bridgehead atoms. The van der Waals surface area contributed by atoms with Gasteiger partial charge in [0.2, 0.25) is 11.1 Å². The summed E-state index contributed by atoms with van der Waals surface area (Å²) in [7, 11) is 0. The number of halogens is 2. The maximum atomic E-state index is 14.1. The minimum absolute atomic E-state index is 0.0374. The van der Waals surface area contributed by atoms with E-state index in [1.165, 1.54) is 11.2 Å². The summed E-state index contributed by atoms with van der Waals surface area (Å²) < 4.78 is 34.3. The molecular weight excluding hydrogens is 341 g/mol. The largest absolute Gasteiger partial charge is 0.358 e. The Kier molecular flexibility index (Phi) is 5.47. The minimum atomic E-state index is -2.79. The molecule has 6 nitrogen and oxygen atoms in total. The molecule has 1 atom stereocenters. The number of carbonyl (C=O) groups is 1. The summed E-state index contributed by atoms with van der Waals surface area (Å²) >= 11 is 7.90. The zero-order valence-corrected chi connectivity index (χ0v) is 13.1. The maximum absolute atomic E-state index is 14.1. The van der Waals surface area contributed by atoms with Crippen LogP contribution in [0.3, 0.4) is 0 Å². The highest BCUT2D eigenvalue weighted by molar-refractivity contribution is 7.95. The topological polar surface area (TPSA) is 72.9 Å². The molecule has 2 rings (SSSR count). The van der Waals surface area contributed by atoms with E-state index < -0.39 is 22.1 Å². The monoisotopic (exact) mass is 352 g/mol. The first-order chi connectivity index (χ1) is 9.91. The van der Waals surface area contributed by atoms with Crippen molar-refractivity contribution in [2.24, 2.45) is 0 Å². The van der Waals surface area contributed by atoms with Gasteiger partial charge in [-0.3, -0.25) is 9.35 Å². The molecule has 21 heavy (non-hydrogen) atoms. The third-order valence-electron chi connectivity index (χ3n) is 2.88. The Balaban J connectivity index is 2.46. The van der Waals surface area contributed by atoms with Crippen molar-refractivity contribution in [3.8, 4) is 0 Å². The van der Waals surface area contributed by atoms with Gasteiger partial charge in [-0.25, -0.2) is 19.0 Å². The molecule has 2 N–H and O–H groups in total. The minimum Gasteiger partial charge on any atom is -0.298 e. The molecule has 1 heterocycles. The van der Waals surface area contributed by atoms with E-state index in [2.05, 4.69) is 5.43 Å². The van der Waals surface area contributed by atoms with Crippen LogP contribution in [-0.2, 0) is 11.1 Å². The van der Waals surface area contributed by atoms with Gasteiger partial charge in [-0.1, -0.05) is 24.2 Å². The van der Waals surface area contributed by atoms with Gasteiger partial charge < -0.3 is 0 Å². The van der Waals surface area contributed by atoms with Crippen LogP contribution in [0.1, 0.15) is 12.8 Å². The van der Waals surface area contributed by atoms with Crippen LogP contribution in [0.15, 0.2) is 17.0 Å². The lowest BCUT2D eigenvalue weighted by Gasteiger charge is -2.36. The molecule has 1 aliphatic heterocycles. The van der Waals surface area contributed by atoms with Crippen molar-refractivity contribution in [3.05, 3.63) is 23.0 Å². The van der Waals surface area contributed by atoms with E-state index in [-0.39, 0.29) is 15.6 Å². The molecule has 0 aliphatic carbocycles. The second kappa shape index (κ2) is 6.95. The average Bonchev–Trinajstić information content (AvgIpc) is 2.45. The van der Waals surface area contributed by atoms with Crippen molar-refractivity contribution in [1.82, 2.24) is 10.5 Å². The average molecular weight is 353 g/mol. The lowest BCUT2D eigenvalue weighted by Crippen LogP contribution is -2.57. The normalized spacial score (nSPS) is 17.5. The van der Waals surface area contributed by atoms with Crippen molar-refractivity contribution in [3.63, 3.8) is 0 Å². The van der Waals surface area contributed by atoms with Crippen LogP contribution in [0.2, 0.25) is 5.02 Å². The van der Waals surface area contributed by atoms with E-state index in [0.717, 1.165) is 23.9 Å². The fourth-order valence-corrected chi connectivity index (χ4v) is 2.59. The van der Waals surface area contributed by atoms with Crippen LogP contribution in [0.4, 0.5) is 14.9 Å². The van der Waals surface area contributed by atoms with Gasteiger partial charge in [0, 0.05) is 13.1 Å². The summed E-state index contributed by atoms with van der Waals surface area (Å²) in [6.45, 7) is 0.954. The van der Waals surface area contributed by atoms with Crippen LogP contribution >= 0.6 is 24.2 Å². The first kappa shape index (κ1) is 16.5. The third kappa shape index (κ3) is 3.68. The van der Waals surface area contributed by atoms with Gasteiger partial charge in [0.1, 0.15) is 11.5 Å². The lowest BCUT2D eigenvalue weighted by atomic mass is 10.2. The number of hydrazine groups is 2. The number of hydrogen-bond donors (Lipinski definition) is 2. The third-order valence-corrected chi connectivity index (χ3v) is 4.12. The van der Waals surface area contributed by atoms with E-state index in [1.807, 2.05) is 0 Å². The number of benzene rings is 1. The number of nitrogens with one attached hydrogen (secondary N) is 1. The number of nitrogens with zero attached hydrogens (tertiary/aromatic N) is 2. The van der Waals surface area contributed by atoms with E-state index >= 15 is 0 Å². The molecule has 1 saturated heterocycles. The Hall–Kier alpha value is -0.840. The molecule has 0 aromatic heterocycles. The standard InChI is InChI=1S/C11H12ClFN3O3S2/c12-7-5-8(13)9(6-10(7)20)16(11(17)21(18)19)15-4-2-1-3-14-15/h5-6,14H,1-4H2,(H,18,19). The van der Waals surface area contributed by atoms with Crippen molar-refractivity contribution < 1.29 is 17.9 Å². The molecule has 1 amide bonds. The quantitative estimate of drug-likeness (QED) is 0.801. The predicted octanol–water partition coefficient (Wildman–Crippen LogP) is 2.70. The van der Waals surface area contributed by atoms with Crippen molar-refractivity contribution >= 4 is 46.2 Å². The fraction of sp³-hybridized carbons (Fsp3) is 0.364. The second-order valence-electron chi connectivity index (χ2n) is 4.30. The Bertz CT molecular complexity index is 584. The fourth-order valence-electron chi connectivity index (χ4n) is 1.93. The van der Waals surface area contributed by atoms with Gasteiger partial charge in [0.05, 0.1) is 9.92 Å².